The van der Waals surface area contributed by atoms with E-state index in [-0.39, 0.29) is 0 Å². The summed E-state index contributed by atoms with van der Waals surface area (Å²) in [6.07, 6.45) is 4.49. The Balaban J connectivity index is 1.64. The average Bonchev–Trinajstić information content (AvgIpc) is 3.04. The van der Waals surface area contributed by atoms with Gasteiger partial charge in [0, 0.05) is 37.3 Å². The lowest BCUT2D eigenvalue weighted by atomic mass is 10.2. The van der Waals surface area contributed by atoms with Crippen LogP contribution in [0.4, 0.5) is 0 Å². The Bertz CT molecular complexity index is 709. The molecule has 2 heterocycles. The minimum absolute atomic E-state index is 0.731. The number of hydrogen-bond acceptors (Lipinski definition) is 4. The molecule has 1 aromatic carbocycles. The van der Waals surface area contributed by atoms with Crippen molar-refractivity contribution in [1.82, 2.24) is 20.3 Å². The Labute approximate surface area is 123 Å². The number of rotatable bonds is 6. The van der Waals surface area contributed by atoms with Gasteiger partial charge in [-0.15, -0.1) is 0 Å². The largest absolute Gasteiger partial charge is 0.494 e. The highest BCUT2D eigenvalue weighted by Gasteiger charge is 2.04. The van der Waals surface area contributed by atoms with Crippen LogP contribution in [0.2, 0.25) is 0 Å². The zero-order chi connectivity index (χ0) is 14.5. The summed E-state index contributed by atoms with van der Waals surface area (Å²) in [5.41, 5.74) is 1.91. The number of fused-ring (bicyclic) bond motifs is 1. The molecule has 0 saturated carbocycles. The molecule has 0 aliphatic heterocycles. The molecule has 3 aromatic rings. The Morgan fingerprint density at radius 2 is 2.19 bits per heavy atom. The number of aromatic nitrogens is 3. The van der Waals surface area contributed by atoms with E-state index in [9.17, 15) is 0 Å². The van der Waals surface area contributed by atoms with E-state index in [1.54, 1.807) is 13.3 Å². The third kappa shape index (κ3) is 3.20. The van der Waals surface area contributed by atoms with Gasteiger partial charge in [-0.05, 0) is 12.1 Å². The first-order chi connectivity index (χ1) is 10.4. The predicted octanol–water partition coefficient (Wildman–Crippen LogP) is 2.30. The van der Waals surface area contributed by atoms with Crippen LogP contribution in [0.25, 0.3) is 10.9 Å². The van der Waals surface area contributed by atoms with E-state index in [2.05, 4.69) is 26.3 Å². The first-order valence-corrected chi connectivity index (χ1v) is 6.98. The molecule has 5 heteroatoms. The molecule has 21 heavy (non-hydrogen) atoms. The number of nitrogens with zero attached hydrogens (tertiary/aromatic N) is 2. The van der Waals surface area contributed by atoms with E-state index >= 15 is 0 Å². The molecule has 108 valence electrons. The Morgan fingerprint density at radius 1 is 1.24 bits per heavy atom. The fourth-order valence-electron chi connectivity index (χ4n) is 2.28. The van der Waals surface area contributed by atoms with Gasteiger partial charge in [-0.3, -0.25) is 0 Å². The van der Waals surface area contributed by atoms with Crippen molar-refractivity contribution in [3.63, 3.8) is 0 Å². The SMILES string of the molecule is COc1cccc2ccc(CNCCc3ncc[nH]3)nc12. The quantitative estimate of drug-likeness (QED) is 0.681. The molecule has 0 saturated heterocycles. The molecule has 2 N–H and O–H groups in total. The standard InChI is InChI=1S/C16H18N4O/c1-21-14-4-2-3-12-5-6-13(20-16(12)14)11-17-8-7-15-18-9-10-19-15/h2-6,9-10,17H,7-8,11H2,1H3,(H,18,19). The summed E-state index contributed by atoms with van der Waals surface area (Å²) in [5, 5.41) is 4.47. The number of para-hydroxylation sites is 1. The molecule has 5 nitrogen and oxygen atoms in total. The second kappa shape index (κ2) is 6.37. The van der Waals surface area contributed by atoms with Gasteiger partial charge in [-0.2, -0.15) is 0 Å². The number of H-pyrrole nitrogens is 1. The van der Waals surface area contributed by atoms with E-state index in [0.717, 1.165) is 47.7 Å². The normalized spacial score (nSPS) is 10.9. The van der Waals surface area contributed by atoms with Gasteiger partial charge < -0.3 is 15.0 Å². The van der Waals surface area contributed by atoms with Crippen LogP contribution in [0.15, 0.2) is 42.7 Å². The highest BCUT2D eigenvalue weighted by molar-refractivity contribution is 5.84. The van der Waals surface area contributed by atoms with Crippen LogP contribution in [0.1, 0.15) is 11.5 Å². The summed E-state index contributed by atoms with van der Waals surface area (Å²) >= 11 is 0. The lowest BCUT2D eigenvalue weighted by Gasteiger charge is -2.07. The van der Waals surface area contributed by atoms with E-state index in [4.69, 9.17) is 4.74 Å². The summed E-state index contributed by atoms with van der Waals surface area (Å²) in [4.78, 5) is 12.0. The number of benzene rings is 1. The second-order valence-electron chi connectivity index (χ2n) is 4.80. The average molecular weight is 282 g/mol. The Kier molecular flexibility index (Phi) is 4.12. The Morgan fingerprint density at radius 3 is 3.00 bits per heavy atom. The lowest BCUT2D eigenvalue weighted by Crippen LogP contribution is -2.17. The Hall–Kier alpha value is -2.40. The molecule has 0 fully saturated rings. The third-order valence-electron chi connectivity index (χ3n) is 3.36. The molecule has 0 atom stereocenters. The monoisotopic (exact) mass is 282 g/mol. The predicted molar refractivity (Wildman–Crippen MR) is 82.3 cm³/mol. The van der Waals surface area contributed by atoms with Crippen LogP contribution in [0.5, 0.6) is 5.75 Å². The van der Waals surface area contributed by atoms with Crippen LogP contribution < -0.4 is 10.1 Å². The number of nitrogens with one attached hydrogen (secondary N) is 2. The van der Waals surface area contributed by atoms with E-state index in [1.165, 1.54) is 0 Å². The van der Waals surface area contributed by atoms with Gasteiger partial charge in [-0.25, -0.2) is 9.97 Å². The molecular weight excluding hydrogens is 264 g/mol. The first kappa shape index (κ1) is 13.6. The molecule has 0 spiro atoms. The summed E-state index contributed by atoms with van der Waals surface area (Å²) in [6, 6.07) is 10.1. The molecule has 0 aliphatic rings. The zero-order valence-electron chi connectivity index (χ0n) is 12.0. The zero-order valence-corrected chi connectivity index (χ0v) is 12.0. The molecule has 0 amide bonds. The topological polar surface area (TPSA) is 62.8 Å². The second-order valence-corrected chi connectivity index (χ2v) is 4.80. The fraction of sp³-hybridized carbons (Fsp3) is 0.250. The molecule has 3 rings (SSSR count). The van der Waals surface area contributed by atoms with Gasteiger partial charge in [-0.1, -0.05) is 18.2 Å². The number of pyridine rings is 1. The van der Waals surface area contributed by atoms with Crippen molar-refractivity contribution in [2.24, 2.45) is 0 Å². The van der Waals surface area contributed by atoms with Crippen molar-refractivity contribution in [3.05, 3.63) is 54.2 Å². The number of hydrogen-bond donors (Lipinski definition) is 2. The minimum Gasteiger partial charge on any atom is -0.494 e. The van der Waals surface area contributed by atoms with Crippen molar-refractivity contribution in [3.8, 4) is 5.75 Å². The van der Waals surface area contributed by atoms with Crippen molar-refractivity contribution in [1.29, 1.82) is 0 Å². The minimum atomic E-state index is 0.731. The third-order valence-corrected chi connectivity index (χ3v) is 3.36. The first-order valence-electron chi connectivity index (χ1n) is 6.98. The van der Waals surface area contributed by atoms with Gasteiger partial charge in [0.15, 0.2) is 0 Å². The molecular formula is C16H18N4O. The maximum atomic E-state index is 5.36. The molecule has 2 aromatic heterocycles. The number of imidazole rings is 1. The number of ether oxygens (including phenoxy) is 1. The summed E-state index contributed by atoms with van der Waals surface area (Å²) in [7, 11) is 1.67. The molecule has 0 aliphatic carbocycles. The van der Waals surface area contributed by atoms with Crippen LogP contribution in [0.3, 0.4) is 0 Å². The summed E-state index contributed by atoms with van der Waals surface area (Å²) < 4.78 is 5.36. The maximum Gasteiger partial charge on any atom is 0.145 e. The van der Waals surface area contributed by atoms with Gasteiger partial charge in [0.2, 0.25) is 0 Å². The van der Waals surface area contributed by atoms with Crippen molar-refractivity contribution < 1.29 is 4.74 Å². The smallest absolute Gasteiger partial charge is 0.145 e. The highest BCUT2D eigenvalue weighted by Crippen LogP contribution is 2.23. The lowest BCUT2D eigenvalue weighted by molar-refractivity contribution is 0.418. The highest BCUT2D eigenvalue weighted by atomic mass is 16.5. The van der Waals surface area contributed by atoms with Gasteiger partial charge >= 0.3 is 0 Å². The van der Waals surface area contributed by atoms with Crippen molar-refractivity contribution in [2.75, 3.05) is 13.7 Å². The van der Waals surface area contributed by atoms with Crippen LogP contribution >= 0.6 is 0 Å². The van der Waals surface area contributed by atoms with Crippen LogP contribution in [-0.2, 0) is 13.0 Å². The van der Waals surface area contributed by atoms with Gasteiger partial charge in [0.25, 0.3) is 0 Å². The molecule has 0 bridgehead atoms. The fourth-order valence-corrected chi connectivity index (χ4v) is 2.28. The summed E-state index contributed by atoms with van der Waals surface area (Å²) in [6.45, 7) is 1.59. The number of aromatic amines is 1. The van der Waals surface area contributed by atoms with Gasteiger partial charge in [0.1, 0.15) is 17.1 Å². The van der Waals surface area contributed by atoms with Crippen LogP contribution in [-0.4, -0.2) is 28.6 Å². The van der Waals surface area contributed by atoms with Crippen molar-refractivity contribution >= 4 is 10.9 Å². The van der Waals surface area contributed by atoms with E-state index in [0.29, 0.717) is 0 Å². The van der Waals surface area contributed by atoms with Crippen molar-refractivity contribution in [2.45, 2.75) is 13.0 Å². The molecule has 0 unspecified atom stereocenters. The number of methoxy groups -OCH3 is 1. The van der Waals surface area contributed by atoms with E-state index < -0.39 is 0 Å². The van der Waals surface area contributed by atoms with Crippen LogP contribution in [0, 0.1) is 0 Å². The maximum absolute atomic E-state index is 5.36. The van der Waals surface area contributed by atoms with Gasteiger partial charge in [0.05, 0.1) is 12.8 Å². The van der Waals surface area contributed by atoms with E-state index in [1.807, 2.05) is 30.5 Å². The summed E-state index contributed by atoms with van der Waals surface area (Å²) in [5.74, 6) is 1.81. The molecule has 0 radical (unpaired) electrons.